The fraction of sp³-hybridized carbons (Fsp3) is 0. The molecule has 86 valence electrons. The van der Waals surface area contributed by atoms with Gasteiger partial charge in [0, 0.05) is 5.56 Å². The van der Waals surface area contributed by atoms with E-state index in [1.165, 1.54) is 6.33 Å². The summed E-state index contributed by atoms with van der Waals surface area (Å²) in [5.74, 6) is -0.426. The molecule has 2 heterocycles. The van der Waals surface area contributed by atoms with Crippen LogP contribution < -0.4 is 0 Å². The minimum Gasteiger partial charge on any atom is -0.480 e. The zero-order valence-electron chi connectivity index (χ0n) is 9.16. The molecule has 0 unspecified atom stereocenters. The number of hydrogen-bond acceptors (Lipinski definition) is 5. The maximum Gasteiger partial charge on any atom is 0.303 e. The zero-order valence-corrected chi connectivity index (χ0v) is 9.16. The lowest BCUT2D eigenvalue weighted by molar-refractivity contribution is 0.345. The predicted octanol–water partition coefficient (Wildman–Crippen LogP) is 2.47. The third-order valence-electron chi connectivity index (χ3n) is 2.61. The van der Waals surface area contributed by atoms with Crippen LogP contribution in [-0.2, 0) is 0 Å². The normalized spacial score (nSPS) is 10.4. The van der Waals surface area contributed by atoms with Crippen molar-refractivity contribution < 1.29 is 9.52 Å². The largest absolute Gasteiger partial charge is 0.480 e. The van der Waals surface area contributed by atoms with Crippen LogP contribution in [0, 0.1) is 11.3 Å². The lowest BCUT2D eigenvalue weighted by atomic mass is 10.1. The smallest absolute Gasteiger partial charge is 0.303 e. The fourth-order valence-electron chi connectivity index (χ4n) is 1.80. The second-order valence-corrected chi connectivity index (χ2v) is 3.66. The number of nitrogens with zero attached hydrogens (tertiary/aromatic N) is 3. The Labute approximate surface area is 102 Å². The molecule has 1 N–H and O–H groups in total. The fourth-order valence-corrected chi connectivity index (χ4v) is 1.80. The van der Waals surface area contributed by atoms with Crippen molar-refractivity contribution in [3.8, 4) is 23.3 Å². The molecule has 0 atom stereocenters. The van der Waals surface area contributed by atoms with E-state index < -0.39 is 5.95 Å². The van der Waals surface area contributed by atoms with Gasteiger partial charge in [-0.2, -0.15) is 5.26 Å². The predicted molar refractivity (Wildman–Crippen MR) is 63.6 cm³/mol. The summed E-state index contributed by atoms with van der Waals surface area (Å²) in [6.45, 7) is 0. The molecule has 0 fully saturated rings. The molecule has 0 saturated carbocycles. The van der Waals surface area contributed by atoms with Crippen LogP contribution in [0.25, 0.3) is 22.4 Å². The Kier molecular flexibility index (Phi) is 2.21. The van der Waals surface area contributed by atoms with Gasteiger partial charge in [-0.3, -0.25) is 0 Å². The molecule has 2 aromatic heterocycles. The summed E-state index contributed by atoms with van der Waals surface area (Å²) in [6, 6.07) is 11.2. The molecule has 0 radical (unpaired) electrons. The van der Waals surface area contributed by atoms with E-state index >= 15 is 0 Å². The lowest BCUT2D eigenvalue weighted by Crippen LogP contribution is -1.86. The molecule has 5 nitrogen and oxygen atoms in total. The molecule has 0 aliphatic rings. The standard InChI is InChI=1S/C13H7N3O2/c14-6-9-11-12(18-13(9)17)10(15-7-16-11)8-4-2-1-3-5-8/h1-5,7,17H. The van der Waals surface area contributed by atoms with Gasteiger partial charge in [-0.05, 0) is 0 Å². The molecule has 0 aliphatic heterocycles. The molecule has 3 rings (SSSR count). The molecule has 0 amide bonds. The molecule has 0 aliphatic carbocycles. The number of fused-ring (bicyclic) bond motifs is 1. The number of hydrogen-bond donors (Lipinski definition) is 1. The first-order valence-electron chi connectivity index (χ1n) is 5.23. The van der Waals surface area contributed by atoms with E-state index in [4.69, 9.17) is 9.68 Å². The second-order valence-electron chi connectivity index (χ2n) is 3.66. The van der Waals surface area contributed by atoms with Crippen molar-refractivity contribution in [3.63, 3.8) is 0 Å². The van der Waals surface area contributed by atoms with Gasteiger partial charge in [-0.1, -0.05) is 30.3 Å². The number of nitriles is 1. The van der Waals surface area contributed by atoms with Crippen molar-refractivity contribution in [1.82, 2.24) is 9.97 Å². The number of benzene rings is 1. The summed E-state index contributed by atoms with van der Waals surface area (Å²) in [7, 11) is 0. The SMILES string of the molecule is N#Cc1c(O)oc2c(-c3ccccc3)ncnc12. The zero-order chi connectivity index (χ0) is 12.5. The van der Waals surface area contributed by atoms with E-state index in [0.717, 1.165) is 5.56 Å². The van der Waals surface area contributed by atoms with E-state index in [9.17, 15) is 5.11 Å². The molecule has 5 heteroatoms. The van der Waals surface area contributed by atoms with Gasteiger partial charge in [0.25, 0.3) is 0 Å². The van der Waals surface area contributed by atoms with Gasteiger partial charge in [0.1, 0.15) is 23.6 Å². The summed E-state index contributed by atoms with van der Waals surface area (Å²) in [5.41, 5.74) is 2.06. The third kappa shape index (κ3) is 1.40. The van der Waals surface area contributed by atoms with Crippen molar-refractivity contribution in [2.24, 2.45) is 0 Å². The second kappa shape index (κ2) is 3.86. The Bertz CT molecular complexity index is 757. The van der Waals surface area contributed by atoms with Gasteiger partial charge >= 0.3 is 5.95 Å². The van der Waals surface area contributed by atoms with Crippen LogP contribution in [0.2, 0.25) is 0 Å². The van der Waals surface area contributed by atoms with Crippen LogP contribution in [0.3, 0.4) is 0 Å². The first-order valence-corrected chi connectivity index (χ1v) is 5.23. The monoisotopic (exact) mass is 237 g/mol. The first-order chi connectivity index (χ1) is 8.81. The van der Waals surface area contributed by atoms with E-state index in [1.807, 2.05) is 36.4 Å². The number of rotatable bonds is 1. The van der Waals surface area contributed by atoms with Crippen LogP contribution in [-0.4, -0.2) is 15.1 Å². The van der Waals surface area contributed by atoms with E-state index in [-0.39, 0.29) is 5.56 Å². The number of furan rings is 1. The summed E-state index contributed by atoms with van der Waals surface area (Å²) in [4.78, 5) is 8.11. The minimum absolute atomic E-state index is 0.0320. The van der Waals surface area contributed by atoms with Crippen LogP contribution >= 0.6 is 0 Å². The quantitative estimate of drug-likeness (QED) is 0.702. The van der Waals surface area contributed by atoms with Crippen molar-refractivity contribution in [3.05, 3.63) is 42.2 Å². The Morgan fingerprint density at radius 1 is 1.17 bits per heavy atom. The topological polar surface area (TPSA) is 82.9 Å². The Hall–Kier alpha value is -2.87. The highest BCUT2D eigenvalue weighted by atomic mass is 16.5. The summed E-state index contributed by atoms with van der Waals surface area (Å²) >= 11 is 0. The van der Waals surface area contributed by atoms with Gasteiger partial charge in [-0.15, -0.1) is 0 Å². The molecule has 18 heavy (non-hydrogen) atoms. The third-order valence-corrected chi connectivity index (χ3v) is 2.61. The van der Waals surface area contributed by atoms with Crippen LogP contribution in [0.1, 0.15) is 5.56 Å². The summed E-state index contributed by atoms with van der Waals surface area (Å²) in [6.07, 6.45) is 1.35. The average Bonchev–Trinajstić information content (AvgIpc) is 2.74. The van der Waals surface area contributed by atoms with Crippen molar-refractivity contribution in [2.75, 3.05) is 0 Å². The Morgan fingerprint density at radius 3 is 2.67 bits per heavy atom. The van der Waals surface area contributed by atoms with E-state index in [0.29, 0.717) is 16.8 Å². The van der Waals surface area contributed by atoms with Crippen molar-refractivity contribution >= 4 is 11.1 Å². The highest BCUT2D eigenvalue weighted by molar-refractivity contribution is 5.92. The highest BCUT2D eigenvalue weighted by Gasteiger charge is 2.18. The highest BCUT2D eigenvalue weighted by Crippen LogP contribution is 2.33. The Balaban J connectivity index is 2.36. The molecule has 0 spiro atoms. The molecule has 0 bridgehead atoms. The summed E-state index contributed by atoms with van der Waals surface area (Å²) in [5, 5.41) is 18.5. The number of aromatic hydroxyl groups is 1. The molecular weight excluding hydrogens is 230 g/mol. The number of aromatic nitrogens is 2. The van der Waals surface area contributed by atoms with Gasteiger partial charge in [0.15, 0.2) is 11.1 Å². The van der Waals surface area contributed by atoms with Gasteiger partial charge in [-0.25, -0.2) is 9.97 Å². The molecule has 1 aromatic carbocycles. The van der Waals surface area contributed by atoms with E-state index in [1.54, 1.807) is 0 Å². The lowest BCUT2D eigenvalue weighted by Gasteiger charge is -1.99. The maximum atomic E-state index is 9.55. The van der Waals surface area contributed by atoms with Gasteiger partial charge < -0.3 is 9.52 Å². The van der Waals surface area contributed by atoms with Crippen LogP contribution in [0.15, 0.2) is 41.1 Å². The van der Waals surface area contributed by atoms with Gasteiger partial charge in [0.2, 0.25) is 0 Å². The molecular formula is C13H7N3O2. The minimum atomic E-state index is -0.426. The molecule has 3 aromatic rings. The van der Waals surface area contributed by atoms with Crippen molar-refractivity contribution in [2.45, 2.75) is 0 Å². The van der Waals surface area contributed by atoms with Crippen LogP contribution in [0.5, 0.6) is 5.95 Å². The first kappa shape index (κ1) is 10.3. The Morgan fingerprint density at radius 2 is 1.94 bits per heavy atom. The van der Waals surface area contributed by atoms with Crippen LogP contribution in [0.4, 0.5) is 0 Å². The van der Waals surface area contributed by atoms with Gasteiger partial charge in [0.05, 0.1) is 0 Å². The van der Waals surface area contributed by atoms with E-state index in [2.05, 4.69) is 9.97 Å². The average molecular weight is 237 g/mol. The molecule has 0 saturated heterocycles. The van der Waals surface area contributed by atoms with Crippen molar-refractivity contribution in [1.29, 1.82) is 5.26 Å². The summed E-state index contributed by atoms with van der Waals surface area (Å²) < 4.78 is 5.18. The maximum absolute atomic E-state index is 9.55.